The second-order valence-corrected chi connectivity index (χ2v) is 7.61. The van der Waals surface area contributed by atoms with Crippen LogP contribution in [0.1, 0.15) is 76.7 Å². The first-order valence-corrected chi connectivity index (χ1v) is 9.35. The van der Waals surface area contributed by atoms with Crippen molar-refractivity contribution in [3.63, 3.8) is 0 Å². The van der Waals surface area contributed by atoms with Crippen LogP contribution in [0, 0.1) is 17.8 Å². The maximum absolute atomic E-state index is 4.35. The summed E-state index contributed by atoms with van der Waals surface area (Å²) in [5.41, 5.74) is 2.61. The molecule has 1 heteroatoms. The molecule has 2 aliphatic carbocycles. The summed E-state index contributed by atoms with van der Waals surface area (Å²) in [6, 6.07) is 8.94. The fourth-order valence-corrected chi connectivity index (χ4v) is 4.66. The van der Waals surface area contributed by atoms with Crippen LogP contribution in [0.15, 0.2) is 29.3 Å². The molecule has 0 spiro atoms. The van der Waals surface area contributed by atoms with Gasteiger partial charge in [0.25, 0.3) is 0 Å². The molecule has 2 fully saturated rings. The maximum Gasteiger partial charge on any atom is 0.0625 e. The first-order chi connectivity index (χ1) is 10.8. The molecule has 0 aliphatic heterocycles. The van der Waals surface area contributed by atoms with Gasteiger partial charge in [0, 0.05) is 6.21 Å². The predicted molar refractivity (Wildman–Crippen MR) is 96.1 cm³/mol. The van der Waals surface area contributed by atoms with Crippen molar-refractivity contribution in [1.82, 2.24) is 0 Å². The van der Waals surface area contributed by atoms with Crippen molar-refractivity contribution in [1.29, 1.82) is 0 Å². The third-order valence-corrected chi connectivity index (χ3v) is 6.14. The highest BCUT2D eigenvalue weighted by Crippen LogP contribution is 2.43. The van der Waals surface area contributed by atoms with E-state index in [1.807, 2.05) is 13.1 Å². The van der Waals surface area contributed by atoms with Gasteiger partial charge in [0.1, 0.15) is 0 Å². The van der Waals surface area contributed by atoms with Crippen LogP contribution >= 0.6 is 0 Å². The third-order valence-electron chi connectivity index (χ3n) is 6.14. The molecular weight excluding hydrogens is 266 g/mol. The van der Waals surface area contributed by atoms with E-state index in [-0.39, 0.29) is 0 Å². The van der Waals surface area contributed by atoms with Gasteiger partial charge in [0.05, 0.1) is 5.69 Å². The van der Waals surface area contributed by atoms with Crippen LogP contribution < -0.4 is 0 Å². The lowest BCUT2D eigenvalue weighted by molar-refractivity contribution is 0.165. The molecule has 1 nitrogen and oxygen atoms in total. The molecule has 0 amide bonds. The topological polar surface area (TPSA) is 12.4 Å². The number of benzene rings is 1. The average Bonchev–Trinajstić information content (AvgIpc) is 2.57. The van der Waals surface area contributed by atoms with Crippen molar-refractivity contribution in [2.45, 2.75) is 71.1 Å². The van der Waals surface area contributed by atoms with Crippen molar-refractivity contribution in [2.75, 3.05) is 0 Å². The van der Waals surface area contributed by atoms with Crippen LogP contribution in [-0.4, -0.2) is 6.21 Å². The Kier molecular flexibility index (Phi) is 5.33. The fourth-order valence-electron chi connectivity index (χ4n) is 4.66. The van der Waals surface area contributed by atoms with E-state index in [1.165, 1.54) is 56.9 Å². The maximum atomic E-state index is 4.35. The highest BCUT2D eigenvalue weighted by molar-refractivity contribution is 5.60. The first-order valence-electron chi connectivity index (χ1n) is 9.35. The molecule has 1 aromatic rings. The molecule has 0 heterocycles. The van der Waals surface area contributed by atoms with E-state index in [9.17, 15) is 0 Å². The van der Waals surface area contributed by atoms with Gasteiger partial charge in [-0.3, -0.25) is 4.99 Å². The fraction of sp³-hybridized carbons (Fsp3) is 0.667. The van der Waals surface area contributed by atoms with Crippen molar-refractivity contribution in [3.05, 3.63) is 29.8 Å². The summed E-state index contributed by atoms with van der Waals surface area (Å²) in [5, 5.41) is 0. The molecule has 2 aliphatic rings. The Balaban J connectivity index is 1.53. The summed E-state index contributed by atoms with van der Waals surface area (Å²) in [5.74, 6) is 3.83. The Morgan fingerprint density at radius 3 is 1.91 bits per heavy atom. The molecule has 1 aromatic carbocycles. The van der Waals surface area contributed by atoms with Crippen LogP contribution in [-0.2, 0) is 0 Å². The minimum Gasteiger partial charge on any atom is -0.262 e. The summed E-state index contributed by atoms with van der Waals surface area (Å²) in [6.07, 6.45) is 13.5. The van der Waals surface area contributed by atoms with E-state index >= 15 is 0 Å². The molecule has 120 valence electrons. The molecule has 0 aromatic heterocycles. The van der Waals surface area contributed by atoms with Crippen molar-refractivity contribution >= 4 is 11.9 Å². The summed E-state index contributed by atoms with van der Waals surface area (Å²) in [6.45, 7) is 4.40. The quantitative estimate of drug-likeness (QED) is 0.564. The van der Waals surface area contributed by atoms with Gasteiger partial charge in [-0.1, -0.05) is 31.9 Å². The van der Waals surface area contributed by atoms with Crippen LogP contribution in [0.4, 0.5) is 5.69 Å². The lowest BCUT2D eigenvalue weighted by Gasteiger charge is -2.37. The van der Waals surface area contributed by atoms with Crippen molar-refractivity contribution in [2.24, 2.45) is 22.7 Å². The summed E-state index contributed by atoms with van der Waals surface area (Å²) in [7, 11) is 0. The molecule has 0 N–H and O–H groups in total. The van der Waals surface area contributed by atoms with E-state index in [4.69, 9.17) is 0 Å². The zero-order valence-corrected chi connectivity index (χ0v) is 14.3. The summed E-state index contributed by atoms with van der Waals surface area (Å²) in [4.78, 5) is 4.35. The summed E-state index contributed by atoms with van der Waals surface area (Å²) >= 11 is 0. The minimum atomic E-state index is 0.790. The van der Waals surface area contributed by atoms with Gasteiger partial charge >= 0.3 is 0 Å². The number of nitrogens with zero attached hydrogens (tertiary/aromatic N) is 1. The molecule has 0 bridgehead atoms. The van der Waals surface area contributed by atoms with E-state index in [2.05, 4.69) is 36.2 Å². The SMILES string of the molecule is CC=Nc1ccc(C2CCC(C3CCC(C)CC3)CC2)cc1. The number of hydrogen-bond acceptors (Lipinski definition) is 1. The normalized spacial score (nSPS) is 33.2. The molecule has 22 heavy (non-hydrogen) atoms. The molecule has 0 saturated heterocycles. The largest absolute Gasteiger partial charge is 0.262 e. The molecule has 0 atom stereocenters. The van der Waals surface area contributed by atoms with Crippen LogP contribution in [0.3, 0.4) is 0 Å². The highest BCUT2D eigenvalue weighted by atomic mass is 14.7. The molecule has 3 rings (SSSR count). The van der Waals surface area contributed by atoms with E-state index in [0.29, 0.717) is 0 Å². The lowest BCUT2D eigenvalue weighted by atomic mass is 9.68. The number of hydrogen-bond donors (Lipinski definition) is 0. The number of aliphatic imine (C=N–C) groups is 1. The van der Waals surface area contributed by atoms with Gasteiger partial charge in [-0.25, -0.2) is 0 Å². The smallest absolute Gasteiger partial charge is 0.0625 e. The molecule has 0 unspecified atom stereocenters. The minimum absolute atomic E-state index is 0.790. The number of rotatable bonds is 3. The van der Waals surface area contributed by atoms with Gasteiger partial charge < -0.3 is 0 Å². The Morgan fingerprint density at radius 2 is 1.36 bits per heavy atom. The standard InChI is InChI=1S/C21H31N/c1-3-22-21-14-12-20(13-15-21)19-10-8-18(9-11-19)17-6-4-16(2)5-7-17/h3,12-19H,4-11H2,1-2H3. The second kappa shape index (κ2) is 7.44. The van der Waals surface area contributed by atoms with Crippen molar-refractivity contribution in [3.8, 4) is 0 Å². The predicted octanol–water partition coefficient (Wildman–Crippen LogP) is 6.51. The average molecular weight is 297 g/mol. The van der Waals surface area contributed by atoms with Gasteiger partial charge in [0.2, 0.25) is 0 Å². The zero-order chi connectivity index (χ0) is 15.4. The van der Waals surface area contributed by atoms with Crippen molar-refractivity contribution < 1.29 is 0 Å². The van der Waals surface area contributed by atoms with Gasteiger partial charge in [-0.05, 0) is 86.8 Å². The summed E-state index contributed by atoms with van der Waals surface area (Å²) < 4.78 is 0. The van der Waals surface area contributed by atoms with E-state index < -0.39 is 0 Å². The lowest BCUT2D eigenvalue weighted by Crippen LogP contribution is -2.24. The van der Waals surface area contributed by atoms with E-state index in [0.717, 1.165) is 29.4 Å². The molecular formula is C21H31N. The van der Waals surface area contributed by atoms with E-state index in [1.54, 1.807) is 0 Å². The first kappa shape index (κ1) is 15.8. The highest BCUT2D eigenvalue weighted by Gasteiger charge is 2.30. The Morgan fingerprint density at radius 1 is 0.818 bits per heavy atom. The van der Waals surface area contributed by atoms with Crippen LogP contribution in [0.25, 0.3) is 0 Å². The molecule has 2 saturated carbocycles. The second-order valence-electron chi connectivity index (χ2n) is 7.61. The Hall–Kier alpha value is -1.11. The Bertz CT molecular complexity index is 471. The van der Waals surface area contributed by atoms with Gasteiger partial charge in [0.15, 0.2) is 0 Å². The van der Waals surface area contributed by atoms with Gasteiger partial charge in [-0.2, -0.15) is 0 Å². The monoisotopic (exact) mass is 297 g/mol. The molecule has 0 radical (unpaired) electrons. The van der Waals surface area contributed by atoms with Crippen LogP contribution in [0.5, 0.6) is 0 Å². The zero-order valence-electron chi connectivity index (χ0n) is 14.3. The van der Waals surface area contributed by atoms with Crippen LogP contribution in [0.2, 0.25) is 0 Å². The Labute approximate surface area is 136 Å². The van der Waals surface area contributed by atoms with Gasteiger partial charge in [-0.15, -0.1) is 0 Å². The third kappa shape index (κ3) is 3.80.